The summed E-state index contributed by atoms with van der Waals surface area (Å²) < 4.78 is 19.4. The van der Waals surface area contributed by atoms with Crippen molar-refractivity contribution in [1.82, 2.24) is 0 Å². The standard InChI is InChI=1S/C13H14O6/c1-16-9-6-4-5-7-10(9)19-11(13(15)18-3)8-12(14)17-2/h4-8H,1-3H3/b11-8-. The molecule has 0 atom stereocenters. The van der Waals surface area contributed by atoms with Crippen LogP contribution in [0, 0.1) is 0 Å². The number of hydrogen-bond donors (Lipinski definition) is 0. The van der Waals surface area contributed by atoms with Crippen molar-refractivity contribution in [3.63, 3.8) is 0 Å². The molecule has 0 amide bonds. The molecule has 0 saturated heterocycles. The maximum absolute atomic E-state index is 11.5. The smallest absolute Gasteiger partial charge is 0.374 e. The van der Waals surface area contributed by atoms with E-state index in [1.54, 1.807) is 24.3 Å². The highest BCUT2D eigenvalue weighted by molar-refractivity contribution is 5.95. The van der Waals surface area contributed by atoms with Gasteiger partial charge in [0.25, 0.3) is 0 Å². The molecule has 0 aliphatic heterocycles. The zero-order chi connectivity index (χ0) is 14.3. The number of carbonyl (C=O) groups excluding carboxylic acids is 2. The Morgan fingerprint density at radius 3 is 2.16 bits per heavy atom. The molecular formula is C13H14O6. The van der Waals surface area contributed by atoms with Gasteiger partial charge in [-0.25, -0.2) is 9.59 Å². The van der Waals surface area contributed by atoms with Gasteiger partial charge >= 0.3 is 11.9 Å². The summed E-state index contributed by atoms with van der Waals surface area (Å²) in [5, 5.41) is 0. The van der Waals surface area contributed by atoms with E-state index in [4.69, 9.17) is 9.47 Å². The summed E-state index contributed by atoms with van der Waals surface area (Å²) in [6, 6.07) is 6.69. The maximum atomic E-state index is 11.5. The van der Waals surface area contributed by atoms with Gasteiger partial charge in [-0.15, -0.1) is 0 Å². The summed E-state index contributed by atoms with van der Waals surface area (Å²) in [6.45, 7) is 0. The number of benzene rings is 1. The zero-order valence-electron chi connectivity index (χ0n) is 10.8. The van der Waals surface area contributed by atoms with Crippen LogP contribution in [0.15, 0.2) is 36.1 Å². The number of hydrogen-bond acceptors (Lipinski definition) is 6. The fourth-order valence-corrected chi connectivity index (χ4v) is 1.22. The number of carbonyl (C=O) groups is 2. The summed E-state index contributed by atoms with van der Waals surface area (Å²) >= 11 is 0. The van der Waals surface area contributed by atoms with Gasteiger partial charge in [-0.05, 0) is 12.1 Å². The third-order valence-electron chi connectivity index (χ3n) is 2.13. The van der Waals surface area contributed by atoms with E-state index in [1.165, 1.54) is 21.3 Å². The first kappa shape index (κ1) is 14.6. The Labute approximate surface area is 110 Å². The molecule has 0 heterocycles. The van der Waals surface area contributed by atoms with Crippen LogP contribution in [0.25, 0.3) is 0 Å². The van der Waals surface area contributed by atoms with Gasteiger partial charge in [0.2, 0.25) is 5.76 Å². The monoisotopic (exact) mass is 266 g/mol. The summed E-state index contributed by atoms with van der Waals surface area (Å²) in [4.78, 5) is 22.7. The summed E-state index contributed by atoms with van der Waals surface area (Å²) in [6.07, 6.45) is 0.901. The topological polar surface area (TPSA) is 71.1 Å². The minimum absolute atomic E-state index is 0.283. The second-order valence-electron chi connectivity index (χ2n) is 3.28. The maximum Gasteiger partial charge on any atom is 0.374 e. The van der Waals surface area contributed by atoms with Crippen molar-refractivity contribution in [3.05, 3.63) is 36.1 Å². The van der Waals surface area contributed by atoms with Crippen molar-refractivity contribution in [3.8, 4) is 11.5 Å². The molecule has 0 unspecified atom stereocenters. The number of ether oxygens (including phenoxy) is 4. The van der Waals surface area contributed by atoms with Crippen molar-refractivity contribution >= 4 is 11.9 Å². The van der Waals surface area contributed by atoms with Crippen molar-refractivity contribution in [2.45, 2.75) is 0 Å². The van der Waals surface area contributed by atoms with Gasteiger partial charge in [0.05, 0.1) is 27.4 Å². The van der Waals surface area contributed by atoms with Crippen LogP contribution < -0.4 is 9.47 Å². The minimum Gasteiger partial charge on any atom is -0.493 e. The Morgan fingerprint density at radius 1 is 1.00 bits per heavy atom. The molecule has 0 radical (unpaired) electrons. The second-order valence-corrected chi connectivity index (χ2v) is 3.28. The summed E-state index contributed by atoms with van der Waals surface area (Å²) in [7, 11) is 3.83. The first-order valence-electron chi connectivity index (χ1n) is 5.31. The quantitative estimate of drug-likeness (QED) is 0.454. The Morgan fingerprint density at radius 2 is 1.63 bits per heavy atom. The molecule has 0 aromatic heterocycles. The lowest BCUT2D eigenvalue weighted by Gasteiger charge is -2.11. The molecular weight excluding hydrogens is 252 g/mol. The summed E-state index contributed by atoms with van der Waals surface area (Å²) in [5.41, 5.74) is 0. The van der Waals surface area contributed by atoms with Crippen LogP contribution in [0.5, 0.6) is 11.5 Å². The molecule has 0 N–H and O–H groups in total. The molecule has 1 aromatic carbocycles. The lowest BCUT2D eigenvalue weighted by Crippen LogP contribution is -2.13. The molecule has 0 fully saturated rings. The highest BCUT2D eigenvalue weighted by Gasteiger charge is 2.17. The molecule has 6 nitrogen and oxygen atoms in total. The van der Waals surface area contributed by atoms with E-state index in [0.29, 0.717) is 5.75 Å². The molecule has 0 aliphatic carbocycles. The van der Waals surface area contributed by atoms with Crippen LogP contribution in [-0.2, 0) is 19.1 Å². The Bertz CT molecular complexity index is 492. The largest absolute Gasteiger partial charge is 0.493 e. The van der Waals surface area contributed by atoms with E-state index in [1.807, 2.05) is 0 Å². The van der Waals surface area contributed by atoms with Crippen LogP contribution in [0.3, 0.4) is 0 Å². The van der Waals surface area contributed by atoms with Crippen molar-refractivity contribution < 1.29 is 28.5 Å². The molecule has 0 saturated carbocycles. The van der Waals surface area contributed by atoms with E-state index < -0.39 is 11.9 Å². The van der Waals surface area contributed by atoms with E-state index in [-0.39, 0.29) is 11.5 Å². The molecule has 19 heavy (non-hydrogen) atoms. The average Bonchev–Trinajstić information content (AvgIpc) is 2.45. The summed E-state index contributed by atoms with van der Waals surface area (Å²) in [5.74, 6) is -1.11. The predicted octanol–water partition coefficient (Wildman–Crippen LogP) is 1.30. The first-order chi connectivity index (χ1) is 9.12. The third-order valence-corrected chi connectivity index (χ3v) is 2.13. The van der Waals surface area contributed by atoms with Gasteiger partial charge in [-0.1, -0.05) is 12.1 Å². The van der Waals surface area contributed by atoms with Crippen molar-refractivity contribution in [1.29, 1.82) is 0 Å². The van der Waals surface area contributed by atoms with Gasteiger partial charge < -0.3 is 18.9 Å². The fourth-order valence-electron chi connectivity index (χ4n) is 1.22. The predicted molar refractivity (Wildman–Crippen MR) is 65.7 cm³/mol. The molecule has 6 heteroatoms. The van der Waals surface area contributed by atoms with Gasteiger partial charge in [0.15, 0.2) is 11.5 Å². The van der Waals surface area contributed by atoms with Crippen LogP contribution in [0.4, 0.5) is 0 Å². The zero-order valence-corrected chi connectivity index (χ0v) is 10.8. The second kappa shape index (κ2) is 7.05. The van der Waals surface area contributed by atoms with Crippen LogP contribution in [0.2, 0.25) is 0 Å². The molecule has 102 valence electrons. The molecule has 1 rings (SSSR count). The van der Waals surface area contributed by atoms with E-state index in [0.717, 1.165) is 6.08 Å². The molecule has 0 spiro atoms. The van der Waals surface area contributed by atoms with Crippen molar-refractivity contribution in [2.24, 2.45) is 0 Å². The normalized spacial score (nSPS) is 10.6. The highest BCUT2D eigenvalue weighted by atomic mass is 16.6. The SMILES string of the molecule is COC(=O)/C=C(\Oc1ccccc1OC)C(=O)OC. The lowest BCUT2D eigenvalue weighted by molar-refractivity contribution is -0.140. The Kier molecular flexibility index (Phi) is 5.40. The third kappa shape index (κ3) is 4.02. The van der Waals surface area contributed by atoms with Gasteiger partial charge in [0, 0.05) is 0 Å². The van der Waals surface area contributed by atoms with Gasteiger partial charge in [-0.3, -0.25) is 0 Å². The first-order valence-corrected chi connectivity index (χ1v) is 5.31. The minimum atomic E-state index is -0.795. The van der Waals surface area contributed by atoms with E-state index in [2.05, 4.69) is 9.47 Å². The van der Waals surface area contributed by atoms with E-state index >= 15 is 0 Å². The van der Waals surface area contributed by atoms with Crippen LogP contribution >= 0.6 is 0 Å². The molecule has 0 bridgehead atoms. The number of esters is 2. The molecule has 0 aliphatic rings. The fraction of sp³-hybridized carbons (Fsp3) is 0.231. The highest BCUT2D eigenvalue weighted by Crippen LogP contribution is 2.27. The number of para-hydroxylation sites is 2. The van der Waals surface area contributed by atoms with Crippen LogP contribution in [0.1, 0.15) is 0 Å². The van der Waals surface area contributed by atoms with Crippen LogP contribution in [-0.4, -0.2) is 33.3 Å². The molecule has 1 aromatic rings. The number of rotatable bonds is 5. The van der Waals surface area contributed by atoms with Gasteiger partial charge in [-0.2, -0.15) is 0 Å². The van der Waals surface area contributed by atoms with Gasteiger partial charge in [0.1, 0.15) is 0 Å². The number of methoxy groups -OCH3 is 3. The Balaban J connectivity index is 3.04. The van der Waals surface area contributed by atoms with Crippen molar-refractivity contribution in [2.75, 3.05) is 21.3 Å². The Hall–Kier alpha value is -2.50. The van der Waals surface area contributed by atoms with E-state index in [9.17, 15) is 9.59 Å². The lowest BCUT2D eigenvalue weighted by atomic mass is 10.3. The average molecular weight is 266 g/mol.